The van der Waals surface area contributed by atoms with Crippen LogP contribution in [0.25, 0.3) is 17.0 Å². The molecule has 0 amide bonds. The van der Waals surface area contributed by atoms with Crippen LogP contribution in [-0.2, 0) is 13.0 Å². The molecule has 0 N–H and O–H groups in total. The van der Waals surface area contributed by atoms with Crippen molar-refractivity contribution in [2.24, 2.45) is 5.92 Å². The Morgan fingerprint density at radius 2 is 1.68 bits per heavy atom. The number of nitrogens with zero attached hydrogens (tertiary/aromatic N) is 9. The molecule has 0 aliphatic carbocycles. The summed E-state index contributed by atoms with van der Waals surface area (Å²) in [6.07, 6.45) is 6.04. The maximum absolute atomic E-state index is 4.72. The molecule has 6 rings (SSSR count). The van der Waals surface area contributed by atoms with E-state index in [2.05, 4.69) is 69.9 Å². The molecule has 4 aromatic rings. The van der Waals surface area contributed by atoms with Gasteiger partial charge >= 0.3 is 0 Å². The summed E-state index contributed by atoms with van der Waals surface area (Å²) in [6.45, 7) is 13.6. The van der Waals surface area contributed by atoms with Crippen molar-refractivity contribution in [2.75, 3.05) is 51.2 Å². The molecule has 2 saturated heterocycles. The number of hydrogen-bond donors (Lipinski definition) is 0. The van der Waals surface area contributed by atoms with Gasteiger partial charge < -0.3 is 9.80 Å². The third-order valence-electron chi connectivity index (χ3n) is 8.15. The fourth-order valence-corrected chi connectivity index (χ4v) is 5.79. The van der Waals surface area contributed by atoms with Crippen molar-refractivity contribution in [3.8, 4) is 11.3 Å². The number of piperazine rings is 1. The summed E-state index contributed by atoms with van der Waals surface area (Å²) in [5.41, 5.74) is 7.88. The van der Waals surface area contributed by atoms with Crippen LogP contribution in [0.1, 0.15) is 34.9 Å². The Morgan fingerprint density at radius 3 is 2.42 bits per heavy atom. The van der Waals surface area contributed by atoms with Crippen molar-refractivity contribution in [2.45, 2.75) is 40.2 Å². The fraction of sp³-hybridized carbons (Fsp3) is 0.483. The molecule has 0 spiro atoms. The minimum atomic E-state index is 0.592. The second kappa shape index (κ2) is 10.4. The normalized spacial score (nSPS) is 19.1. The molecule has 9 heteroatoms. The molecule has 0 radical (unpaired) electrons. The second-order valence-corrected chi connectivity index (χ2v) is 11.0. The van der Waals surface area contributed by atoms with Crippen molar-refractivity contribution in [3.05, 3.63) is 65.1 Å². The fourth-order valence-electron chi connectivity index (χ4n) is 5.79. The second-order valence-electron chi connectivity index (χ2n) is 11.0. The number of aryl methyl sites for hydroxylation is 3. The molecule has 1 unspecified atom stereocenters. The van der Waals surface area contributed by atoms with E-state index in [-0.39, 0.29) is 0 Å². The van der Waals surface area contributed by atoms with Crippen LogP contribution in [0.15, 0.2) is 36.7 Å². The van der Waals surface area contributed by atoms with E-state index in [9.17, 15) is 0 Å². The van der Waals surface area contributed by atoms with Gasteiger partial charge in [0.15, 0.2) is 0 Å². The molecule has 1 atom stereocenters. The van der Waals surface area contributed by atoms with Crippen molar-refractivity contribution in [1.82, 2.24) is 39.3 Å². The molecule has 3 aromatic heterocycles. The van der Waals surface area contributed by atoms with E-state index in [1.807, 2.05) is 23.8 Å². The van der Waals surface area contributed by atoms with Gasteiger partial charge in [0.05, 0.1) is 23.8 Å². The maximum atomic E-state index is 4.72. The van der Waals surface area contributed by atoms with Gasteiger partial charge in [-0.1, -0.05) is 12.1 Å². The Balaban J connectivity index is 1.08. The summed E-state index contributed by atoms with van der Waals surface area (Å²) in [5, 5.41) is 4.54. The van der Waals surface area contributed by atoms with Gasteiger partial charge in [-0.25, -0.2) is 9.50 Å². The van der Waals surface area contributed by atoms with Gasteiger partial charge in [0.25, 0.3) is 5.78 Å². The van der Waals surface area contributed by atoms with Crippen LogP contribution in [0.5, 0.6) is 0 Å². The lowest BCUT2D eigenvalue weighted by Gasteiger charge is -2.31. The summed E-state index contributed by atoms with van der Waals surface area (Å²) < 4.78 is 1.89. The lowest BCUT2D eigenvalue weighted by molar-refractivity contribution is 0.147. The van der Waals surface area contributed by atoms with E-state index in [1.165, 1.54) is 17.7 Å². The Kier molecular flexibility index (Phi) is 6.80. The van der Waals surface area contributed by atoms with E-state index >= 15 is 0 Å². The molecule has 9 nitrogen and oxygen atoms in total. The van der Waals surface area contributed by atoms with Crippen molar-refractivity contribution in [1.29, 1.82) is 0 Å². The number of aromatic nitrogens is 6. The molecular formula is C29H37N9. The number of hydrogen-bond acceptors (Lipinski definition) is 8. The quantitative estimate of drug-likeness (QED) is 0.390. The maximum Gasteiger partial charge on any atom is 0.252 e. The highest BCUT2D eigenvalue weighted by Gasteiger charge is 2.25. The van der Waals surface area contributed by atoms with Crippen LogP contribution in [-0.4, -0.2) is 85.7 Å². The molecule has 5 heterocycles. The van der Waals surface area contributed by atoms with Gasteiger partial charge in [0.2, 0.25) is 0 Å². The predicted octanol–water partition coefficient (Wildman–Crippen LogP) is 3.32. The van der Waals surface area contributed by atoms with E-state index < -0.39 is 0 Å². The van der Waals surface area contributed by atoms with E-state index in [4.69, 9.17) is 15.0 Å². The smallest absolute Gasteiger partial charge is 0.252 e. The zero-order chi connectivity index (χ0) is 26.2. The molecule has 2 aliphatic rings. The van der Waals surface area contributed by atoms with Crippen LogP contribution in [0.3, 0.4) is 0 Å². The highest BCUT2D eigenvalue weighted by Crippen LogP contribution is 2.29. The number of benzene rings is 1. The molecular weight excluding hydrogens is 474 g/mol. The first-order valence-electron chi connectivity index (χ1n) is 13.7. The Bertz CT molecular complexity index is 1400. The predicted molar refractivity (Wildman–Crippen MR) is 149 cm³/mol. The average Bonchev–Trinajstić information content (AvgIpc) is 3.55. The summed E-state index contributed by atoms with van der Waals surface area (Å²) in [6, 6.07) is 8.79. The lowest BCUT2D eigenvalue weighted by Crippen LogP contribution is -2.44. The number of fused-ring (bicyclic) bond motifs is 1. The van der Waals surface area contributed by atoms with Gasteiger partial charge in [-0.05, 0) is 64.3 Å². The van der Waals surface area contributed by atoms with Crippen LogP contribution < -0.4 is 4.90 Å². The van der Waals surface area contributed by atoms with Gasteiger partial charge in [-0.15, -0.1) is 0 Å². The molecule has 2 fully saturated rings. The highest BCUT2D eigenvalue weighted by molar-refractivity contribution is 5.62. The van der Waals surface area contributed by atoms with Crippen molar-refractivity contribution in [3.63, 3.8) is 0 Å². The van der Waals surface area contributed by atoms with E-state index in [1.54, 1.807) is 0 Å². The van der Waals surface area contributed by atoms with E-state index in [0.717, 1.165) is 86.4 Å². The van der Waals surface area contributed by atoms with Crippen LogP contribution in [0.4, 0.5) is 5.69 Å². The third-order valence-corrected chi connectivity index (χ3v) is 8.15. The average molecular weight is 512 g/mol. The number of anilines is 1. The monoisotopic (exact) mass is 511 g/mol. The zero-order valence-electron chi connectivity index (χ0n) is 22.9. The minimum absolute atomic E-state index is 0.592. The first-order chi connectivity index (χ1) is 18.4. The number of likely N-dealkylation sites (N-methyl/N-ethyl adjacent to an activating group) is 1. The summed E-state index contributed by atoms with van der Waals surface area (Å²) >= 11 is 0. The Morgan fingerprint density at radius 1 is 0.895 bits per heavy atom. The van der Waals surface area contributed by atoms with Gasteiger partial charge in [-0.2, -0.15) is 10.1 Å². The van der Waals surface area contributed by atoms with Crippen LogP contribution in [0.2, 0.25) is 0 Å². The minimum Gasteiger partial charge on any atom is -0.371 e. The van der Waals surface area contributed by atoms with Crippen molar-refractivity contribution >= 4 is 11.5 Å². The zero-order valence-corrected chi connectivity index (χ0v) is 22.9. The van der Waals surface area contributed by atoms with Crippen LogP contribution in [0, 0.1) is 26.7 Å². The molecule has 1 aromatic carbocycles. The topological polar surface area (TPSA) is 78.6 Å². The summed E-state index contributed by atoms with van der Waals surface area (Å²) in [5.74, 6) is 2.05. The first kappa shape index (κ1) is 24.9. The summed E-state index contributed by atoms with van der Waals surface area (Å²) in [4.78, 5) is 25.9. The molecule has 0 saturated carbocycles. The molecule has 38 heavy (non-hydrogen) atoms. The standard InChI is InChI=1S/C29H37N9/c1-20-27(21(2)38-29(32-20)33-22(3)34-38)15-23-9-10-37(18-23)26-7-5-24(6-8-26)28-17-30-25(16-31-28)19-36-13-11-35(4)12-14-36/h5-8,16-17,23H,9-15,18-19H2,1-4H3. The largest absolute Gasteiger partial charge is 0.371 e. The van der Waals surface area contributed by atoms with Crippen LogP contribution >= 0.6 is 0 Å². The third kappa shape index (κ3) is 5.13. The molecule has 198 valence electrons. The van der Waals surface area contributed by atoms with E-state index in [0.29, 0.717) is 11.7 Å². The number of rotatable bonds is 6. The summed E-state index contributed by atoms with van der Waals surface area (Å²) in [7, 11) is 2.18. The van der Waals surface area contributed by atoms with Crippen molar-refractivity contribution < 1.29 is 0 Å². The van der Waals surface area contributed by atoms with Gasteiger partial charge in [0, 0.05) is 68.5 Å². The van der Waals surface area contributed by atoms with Gasteiger partial charge in [0.1, 0.15) is 5.82 Å². The lowest BCUT2D eigenvalue weighted by atomic mass is 9.96. The highest BCUT2D eigenvalue weighted by atomic mass is 15.3. The Labute approximate surface area is 224 Å². The first-order valence-corrected chi connectivity index (χ1v) is 13.7. The molecule has 0 bridgehead atoms. The molecule has 2 aliphatic heterocycles. The SMILES string of the molecule is Cc1nc2nc(C)c(CC3CCN(c4ccc(-c5cnc(CN6CCN(C)CC6)cn5)cc4)C3)c(C)n2n1. The Hall–Kier alpha value is -3.43. The van der Waals surface area contributed by atoms with Gasteiger partial charge in [-0.3, -0.25) is 14.9 Å².